The monoisotopic (exact) mass is 127 g/mol. The van der Waals surface area contributed by atoms with Gasteiger partial charge in [-0.2, -0.15) is 0 Å². The van der Waals surface area contributed by atoms with Gasteiger partial charge in [0.25, 0.3) is 0 Å². The Morgan fingerprint density at radius 2 is 2.33 bits per heavy atom. The van der Waals surface area contributed by atoms with E-state index in [-0.39, 0.29) is 1.43 Å². The molecular formula is C8H17N. The van der Waals surface area contributed by atoms with Gasteiger partial charge in [-0.3, -0.25) is 0 Å². The lowest BCUT2D eigenvalue weighted by Gasteiger charge is -2.08. The molecule has 1 fully saturated rings. The molecule has 0 spiro atoms. The second-order valence-corrected chi connectivity index (χ2v) is 2.65. The van der Waals surface area contributed by atoms with E-state index in [1.165, 1.54) is 32.2 Å². The molecule has 0 unspecified atom stereocenters. The van der Waals surface area contributed by atoms with E-state index in [9.17, 15) is 0 Å². The summed E-state index contributed by atoms with van der Waals surface area (Å²) >= 11 is 0. The van der Waals surface area contributed by atoms with Crippen molar-refractivity contribution in [3.8, 4) is 0 Å². The van der Waals surface area contributed by atoms with Crippen LogP contribution in [-0.2, 0) is 0 Å². The predicted octanol–water partition coefficient (Wildman–Crippen LogP) is 1.95. The van der Waals surface area contributed by atoms with Gasteiger partial charge >= 0.3 is 0 Å². The molecule has 9 heavy (non-hydrogen) atoms. The van der Waals surface area contributed by atoms with Crippen LogP contribution in [0.2, 0.25) is 0 Å². The zero-order chi connectivity index (χ0) is 6.53. The van der Waals surface area contributed by atoms with E-state index in [1.54, 1.807) is 0 Å². The van der Waals surface area contributed by atoms with E-state index in [2.05, 4.69) is 11.9 Å². The van der Waals surface area contributed by atoms with Gasteiger partial charge in [-0.15, -0.1) is 6.58 Å². The molecule has 1 aliphatic rings. The highest BCUT2D eigenvalue weighted by Gasteiger charge is 2.05. The second-order valence-electron chi connectivity index (χ2n) is 2.65. The van der Waals surface area contributed by atoms with Crippen molar-refractivity contribution < 1.29 is 1.43 Å². The van der Waals surface area contributed by atoms with Gasteiger partial charge in [-0.1, -0.05) is 18.9 Å². The molecule has 1 nitrogen and oxygen atoms in total. The van der Waals surface area contributed by atoms with Crippen LogP contribution in [0.15, 0.2) is 12.7 Å². The van der Waals surface area contributed by atoms with E-state index >= 15 is 0 Å². The molecule has 0 radical (unpaired) electrons. The summed E-state index contributed by atoms with van der Waals surface area (Å²) in [6.07, 6.45) is 7.39. The van der Waals surface area contributed by atoms with Gasteiger partial charge in [-0.05, 0) is 19.4 Å². The first-order chi connectivity index (χ1) is 4.43. The molecule has 1 heteroatoms. The summed E-state index contributed by atoms with van der Waals surface area (Å²) in [6, 6.07) is 0.590. The van der Waals surface area contributed by atoms with Crippen molar-refractivity contribution in [1.82, 2.24) is 5.32 Å². The Hall–Kier alpha value is -0.300. The fourth-order valence-electron chi connectivity index (χ4n) is 1.26. The Bertz CT molecular complexity index is 85.3. The molecule has 0 aromatic carbocycles. The molecule has 0 bridgehead atoms. The molecule has 54 valence electrons. The average molecular weight is 127 g/mol. The molecule has 1 N–H and O–H groups in total. The van der Waals surface area contributed by atoms with Crippen LogP contribution in [-0.4, -0.2) is 12.6 Å². The highest BCUT2D eigenvalue weighted by molar-refractivity contribution is 4.86. The van der Waals surface area contributed by atoms with Gasteiger partial charge < -0.3 is 5.32 Å². The summed E-state index contributed by atoms with van der Waals surface area (Å²) in [7, 11) is 0. The van der Waals surface area contributed by atoms with Crippen molar-refractivity contribution in [1.29, 1.82) is 0 Å². The Morgan fingerprint density at radius 3 is 3.11 bits per heavy atom. The lowest BCUT2D eigenvalue weighted by atomic mass is 10.1. The van der Waals surface area contributed by atoms with Crippen LogP contribution in [0.25, 0.3) is 0 Å². The summed E-state index contributed by atoms with van der Waals surface area (Å²) < 4.78 is 0. The van der Waals surface area contributed by atoms with Gasteiger partial charge in [0.05, 0.1) is 0 Å². The highest BCUT2D eigenvalue weighted by Crippen LogP contribution is 2.07. The van der Waals surface area contributed by atoms with Gasteiger partial charge in [-0.25, -0.2) is 0 Å². The van der Waals surface area contributed by atoms with Gasteiger partial charge in [0.15, 0.2) is 0 Å². The van der Waals surface area contributed by atoms with Crippen LogP contribution < -0.4 is 5.32 Å². The minimum Gasteiger partial charge on any atom is -0.311 e. The Balaban J connectivity index is 0.000000810. The number of rotatable bonds is 1. The van der Waals surface area contributed by atoms with Gasteiger partial charge in [0.1, 0.15) is 0 Å². The minimum atomic E-state index is 0. The van der Waals surface area contributed by atoms with Crippen molar-refractivity contribution in [2.45, 2.75) is 31.7 Å². The fourth-order valence-corrected chi connectivity index (χ4v) is 1.26. The van der Waals surface area contributed by atoms with E-state index in [4.69, 9.17) is 0 Å². The summed E-state index contributed by atoms with van der Waals surface area (Å²) in [6.45, 7) is 4.94. The second kappa shape index (κ2) is 3.67. The molecular weight excluding hydrogens is 110 g/mol. The van der Waals surface area contributed by atoms with E-state index in [0.717, 1.165) is 0 Å². The number of nitrogens with one attached hydrogen (secondary N) is 1. The first-order valence-corrected chi connectivity index (χ1v) is 3.79. The van der Waals surface area contributed by atoms with E-state index in [0.29, 0.717) is 6.04 Å². The molecule has 0 saturated carbocycles. The van der Waals surface area contributed by atoms with Crippen LogP contribution in [0.5, 0.6) is 0 Å². The van der Waals surface area contributed by atoms with Crippen LogP contribution in [0.4, 0.5) is 0 Å². The molecule has 1 heterocycles. The highest BCUT2D eigenvalue weighted by atomic mass is 14.9. The average Bonchev–Trinajstić information content (AvgIpc) is 2.13. The number of hydrogen-bond acceptors (Lipinski definition) is 1. The largest absolute Gasteiger partial charge is 0.311 e. The molecule has 0 aromatic heterocycles. The van der Waals surface area contributed by atoms with Crippen molar-refractivity contribution in [2.24, 2.45) is 0 Å². The van der Waals surface area contributed by atoms with E-state index < -0.39 is 0 Å². The molecule has 1 saturated heterocycles. The maximum absolute atomic E-state index is 3.76. The van der Waals surface area contributed by atoms with Crippen molar-refractivity contribution >= 4 is 0 Å². The Morgan fingerprint density at radius 1 is 1.44 bits per heavy atom. The molecule has 0 aromatic rings. The van der Waals surface area contributed by atoms with Crippen LogP contribution in [0.1, 0.15) is 27.1 Å². The SMILES string of the molecule is C=C[C@@H]1CCCCCN1.[HH]. The van der Waals surface area contributed by atoms with E-state index in [1.807, 2.05) is 6.08 Å². The minimum absolute atomic E-state index is 0. The standard InChI is InChI=1S/C8H15N.H2/c1-2-8-6-4-3-5-7-9-8;/h2,8-9H,1,3-7H2;1H/t8-;/m1./s1. The molecule has 0 aliphatic carbocycles. The maximum Gasteiger partial charge on any atom is 0.0247 e. The first-order valence-electron chi connectivity index (χ1n) is 3.79. The molecule has 1 rings (SSSR count). The van der Waals surface area contributed by atoms with Gasteiger partial charge in [0, 0.05) is 7.47 Å². The summed E-state index contributed by atoms with van der Waals surface area (Å²) in [5, 5.41) is 3.41. The zero-order valence-electron chi connectivity index (χ0n) is 5.90. The lowest BCUT2D eigenvalue weighted by Crippen LogP contribution is -2.25. The normalized spacial score (nSPS) is 29.1. The quantitative estimate of drug-likeness (QED) is 0.531. The van der Waals surface area contributed by atoms with Crippen LogP contribution >= 0.6 is 0 Å². The molecule has 1 atom stereocenters. The van der Waals surface area contributed by atoms with Crippen LogP contribution in [0.3, 0.4) is 0 Å². The Kier molecular flexibility index (Phi) is 2.78. The van der Waals surface area contributed by atoms with Crippen LogP contribution in [0, 0.1) is 0 Å². The lowest BCUT2D eigenvalue weighted by molar-refractivity contribution is 0.599. The van der Waals surface area contributed by atoms with Crippen molar-refractivity contribution in [2.75, 3.05) is 6.54 Å². The van der Waals surface area contributed by atoms with Crippen molar-refractivity contribution in [3.05, 3.63) is 12.7 Å². The maximum atomic E-state index is 3.76. The topological polar surface area (TPSA) is 12.0 Å². The number of hydrogen-bond donors (Lipinski definition) is 1. The first kappa shape index (κ1) is 6.81. The van der Waals surface area contributed by atoms with Gasteiger partial charge in [0.2, 0.25) is 0 Å². The van der Waals surface area contributed by atoms with Crippen molar-refractivity contribution in [3.63, 3.8) is 0 Å². The predicted molar refractivity (Wildman–Crippen MR) is 42.6 cm³/mol. The third-order valence-corrected chi connectivity index (χ3v) is 1.88. The summed E-state index contributed by atoms with van der Waals surface area (Å²) in [4.78, 5) is 0. The third-order valence-electron chi connectivity index (χ3n) is 1.88. The Labute approximate surface area is 58.6 Å². The summed E-state index contributed by atoms with van der Waals surface area (Å²) in [5.74, 6) is 0. The third kappa shape index (κ3) is 2.19. The smallest absolute Gasteiger partial charge is 0.0247 e. The molecule has 0 amide bonds. The molecule has 1 aliphatic heterocycles. The summed E-state index contributed by atoms with van der Waals surface area (Å²) in [5.41, 5.74) is 0. The fraction of sp³-hybridized carbons (Fsp3) is 0.750. The zero-order valence-corrected chi connectivity index (χ0v) is 5.90.